The summed E-state index contributed by atoms with van der Waals surface area (Å²) in [5.41, 5.74) is 2.31. The molecule has 4 nitrogen and oxygen atoms in total. The Hall–Kier alpha value is -2.59. The van der Waals surface area contributed by atoms with Crippen LogP contribution in [0.1, 0.15) is 18.4 Å². The lowest BCUT2D eigenvalue weighted by Crippen LogP contribution is -2.42. The summed E-state index contributed by atoms with van der Waals surface area (Å²) in [5, 5.41) is 1.18. The van der Waals surface area contributed by atoms with Gasteiger partial charge in [-0.25, -0.2) is 0 Å². The van der Waals surface area contributed by atoms with Gasteiger partial charge in [0.25, 0.3) is 0 Å². The van der Waals surface area contributed by atoms with Crippen LogP contribution in [-0.2, 0) is 22.7 Å². The van der Waals surface area contributed by atoms with Crippen LogP contribution in [0, 0.1) is 5.92 Å². The Kier molecular flexibility index (Phi) is 5.54. The number of rotatable bonds is 6. The molecule has 0 aliphatic carbocycles. The lowest BCUT2D eigenvalue weighted by molar-refractivity contribution is -0.134. The molecule has 2 heterocycles. The zero-order chi connectivity index (χ0) is 18.5. The second-order valence-electron chi connectivity index (χ2n) is 7.35. The maximum absolute atomic E-state index is 12.8. The fourth-order valence-electron chi connectivity index (χ4n) is 3.87. The zero-order valence-electron chi connectivity index (χ0n) is 15.6. The number of aromatic nitrogens is 1. The molecule has 3 aromatic rings. The van der Waals surface area contributed by atoms with Crippen molar-refractivity contribution in [3.05, 3.63) is 72.4 Å². The van der Waals surface area contributed by atoms with Gasteiger partial charge in [0.1, 0.15) is 6.54 Å². The number of hydrogen-bond acceptors (Lipinski definition) is 2. The first-order valence-corrected chi connectivity index (χ1v) is 9.73. The molecule has 0 bridgehead atoms. The standard InChI is InChI=1S/C23H26N2O2/c26-23(16-24-14-12-21-10-4-5-11-22(21)24)25-13-6-9-20(15-25)18-27-17-19-7-2-1-3-8-19/h1-5,7-8,10-12,14,20H,6,9,13,15-18H2. The summed E-state index contributed by atoms with van der Waals surface area (Å²) in [6.45, 7) is 3.41. The first kappa shape index (κ1) is 17.8. The van der Waals surface area contributed by atoms with Crippen LogP contribution in [0.25, 0.3) is 10.9 Å². The van der Waals surface area contributed by atoms with Gasteiger partial charge >= 0.3 is 0 Å². The molecule has 0 spiro atoms. The molecule has 4 heteroatoms. The van der Waals surface area contributed by atoms with Crippen molar-refractivity contribution in [1.82, 2.24) is 9.47 Å². The van der Waals surface area contributed by atoms with Gasteiger partial charge in [0.05, 0.1) is 13.2 Å². The van der Waals surface area contributed by atoms with Crippen LogP contribution < -0.4 is 0 Å². The highest BCUT2D eigenvalue weighted by atomic mass is 16.5. The Morgan fingerprint density at radius 2 is 1.85 bits per heavy atom. The lowest BCUT2D eigenvalue weighted by Gasteiger charge is -2.33. The number of benzene rings is 2. The summed E-state index contributed by atoms with van der Waals surface area (Å²) in [4.78, 5) is 14.8. The molecule has 1 saturated heterocycles. The van der Waals surface area contributed by atoms with Crippen molar-refractivity contribution < 1.29 is 9.53 Å². The van der Waals surface area contributed by atoms with E-state index >= 15 is 0 Å². The fraction of sp³-hybridized carbons (Fsp3) is 0.348. The molecule has 1 aliphatic rings. The van der Waals surface area contributed by atoms with E-state index in [1.807, 2.05) is 46.0 Å². The number of carbonyl (C=O) groups is 1. The summed E-state index contributed by atoms with van der Waals surface area (Å²) >= 11 is 0. The molecule has 27 heavy (non-hydrogen) atoms. The molecule has 0 radical (unpaired) electrons. The quantitative estimate of drug-likeness (QED) is 0.662. The van der Waals surface area contributed by atoms with Crippen molar-refractivity contribution in [1.29, 1.82) is 0 Å². The van der Waals surface area contributed by atoms with Crippen LogP contribution in [0.2, 0.25) is 0 Å². The summed E-state index contributed by atoms with van der Waals surface area (Å²) in [5.74, 6) is 0.622. The molecular formula is C23H26N2O2. The van der Waals surface area contributed by atoms with Crippen LogP contribution in [0.3, 0.4) is 0 Å². The molecule has 1 aromatic heterocycles. The third-order valence-corrected chi connectivity index (χ3v) is 5.32. The maximum Gasteiger partial charge on any atom is 0.242 e. The molecule has 0 saturated carbocycles. The highest BCUT2D eigenvalue weighted by Crippen LogP contribution is 2.19. The largest absolute Gasteiger partial charge is 0.376 e. The van der Waals surface area contributed by atoms with Crippen molar-refractivity contribution in [2.45, 2.75) is 26.0 Å². The van der Waals surface area contributed by atoms with Crippen LogP contribution >= 0.6 is 0 Å². The molecule has 0 N–H and O–H groups in total. The summed E-state index contributed by atoms with van der Waals surface area (Å²) < 4.78 is 7.96. The number of nitrogens with zero attached hydrogens (tertiary/aromatic N) is 2. The summed E-state index contributed by atoms with van der Waals surface area (Å²) in [6, 6.07) is 20.5. The van der Waals surface area contributed by atoms with Crippen molar-refractivity contribution in [3.8, 4) is 0 Å². The number of piperidine rings is 1. The second kappa shape index (κ2) is 8.40. The molecule has 1 aliphatic heterocycles. The molecule has 4 rings (SSSR count). The van der Waals surface area contributed by atoms with E-state index in [1.165, 1.54) is 10.9 Å². The van der Waals surface area contributed by atoms with E-state index in [2.05, 4.69) is 30.3 Å². The molecule has 1 amide bonds. The van der Waals surface area contributed by atoms with E-state index in [0.29, 0.717) is 25.7 Å². The Balaban J connectivity index is 1.30. The smallest absolute Gasteiger partial charge is 0.242 e. The van der Waals surface area contributed by atoms with E-state index in [4.69, 9.17) is 4.74 Å². The molecule has 2 aromatic carbocycles. The highest BCUT2D eigenvalue weighted by Gasteiger charge is 2.24. The van der Waals surface area contributed by atoms with Gasteiger partial charge < -0.3 is 14.2 Å². The van der Waals surface area contributed by atoms with Gasteiger partial charge in [-0.05, 0) is 41.8 Å². The first-order valence-electron chi connectivity index (χ1n) is 9.73. The Labute approximate surface area is 160 Å². The Morgan fingerprint density at radius 3 is 2.74 bits per heavy atom. The van der Waals surface area contributed by atoms with Gasteiger partial charge in [0, 0.05) is 24.8 Å². The van der Waals surface area contributed by atoms with Gasteiger partial charge in [0.2, 0.25) is 5.91 Å². The molecule has 1 fully saturated rings. The van der Waals surface area contributed by atoms with E-state index in [1.54, 1.807) is 0 Å². The number of amides is 1. The number of para-hydroxylation sites is 1. The fourth-order valence-corrected chi connectivity index (χ4v) is 3.87. The highest BCUT2D eigenvalue weighted by molar-refractivity contribution is 5.83. The third kappa shape index (κ3) is 4.40. The minimum atomic E-state index is 0.198. The number of likely N-dealkylation sites (tertiary alicyclic amines) is 1. The Bertz CT molecular complexity index is 888. The normalized spacial score (nSPS) is 17.3. The predicted molar refractivity (Wildman–Crippen MR) is 107 cm³/mol. The van der Waals surface area contributed by atoms with E-state index < -0.39 is 0 Å². The molecule has 1 unspecified atom stereocenters. The van der Waals surface area contributed by atoms with Crippen molar-refractivity contribution in [2.24, 2.45) is 5.92 Å². The molecule has 1 atom stereocenters. The van der Waals surface area contributed by atoms with Crippen molar-refractivity contribution >= 4 is 16.8 Å². The maximum atomic E-state index is 12.8. The minimum absolute atomic E-state index is 0.198. The molecular weight excluding hydrogens is 336 g/mol. The lowest BCUT2D eigenvalue weighted by atomic mass is 9.99. The van der Waals surface area contributed by atoms with Crippen LogP contribution in [0.5, 0.6) is 0 Å². The summed E-state index contributed by atoms with van der Waals surface area (Å²) in [7, 11) is 0. The van der Waals surface area contributed by atoms with E-state index in [-0.39, 0.29) is 5.91 Å². The van der Waals surface area contributed by atoms with E-state index in [0.717, 1.165) is 31.4 Å². The number of fused-ring (bicyclic) bond motifs is 1. The molecule has 140 valence electrons. The van der Waals surface area contributed by atoms with E-state index in [9.17, 15) is 4.79 Å². The topological polar surface area (TPSA) is 34.5 Å². The average molecular weight is 362 g/mol. The summed E-state index contributed by atoms with van der Waals surface area (Å²) in [6.07, 6.45) is 4.19. The number of hydrogen-bond donors (Lipinski definition) is 0. The van der Waals surface area contributed by atoms with Crippen molar-refractivity contribution in [2.75, 3.05) is 19.7 Å². The van der Waals surface area contributed by atoms with Gasteiger partial charge in [-0.1, -0.05) is 48.5 Å². The minimum Gasteiger partial charge on any atom is -0.376 e. The van der Waals surface area contributed by atoms with Crippen LogP contribution in [-0.4, -0.2) is 35.1 Å². The monoisotopic (exact) mass is 362 g/mol. The number of carbonyl (C=O) groups excluding carboxylic acids is 1. The van der Waals surface area contributed by atoms with Gasteiger partial charge in [-0.3, -0.25) is 4.79 Å². The van der Waals surface area contributed by atoms with Crippen molar-refractivity contribution in [3.63, 3.8) is 0 Å². The second-order valence-corrected chi connectivity index (χ2v) is 7.35. The van der Waals surface area contributed by atoms with Crippen LogP contribution in [0.15, 0.2) is 66.9 Å². The zero-order valence-corrected chi connectivity index (χ0v) is 15.6. The van der Waals surface area contributed by atoms with Gasteiger partial charge in [-0.15, -0.1) is 0 Å². The third-order valence-electron chi connectivity index (χ3n) is 5.32. The first-order chi connectivity index (χ1) is 13.3. The number of ether oxygens (including phenoxy) is 1. The Morgan fingerprint density at radius 1 is 1.04 bits per heavy atom. The van der Waals surface area contributed by atoms with Gasteiger partial charge in [0.15, 0.2) is 0 Å². The average Bonchev–Trinajstić information content (AvgIpc) is 3.12. The predicted octanol–water partition coefficient (Wildman–Crippen LogP) is 4.10. The SMILES string of the molecule is O=C(Cn1ccc2ccccc21)N1CCCC(COCc2ccccc2)C1. The van der Waals surface area contributed by atoms with Crippen LogP contribution in [0.4, 0.5) is 0 Å². The van der Waals surface area contributed by atoms with Gasteiger partial charge in [-0.2, -0.15) is 0 Å².